The van der Waals surface area contributed by atoms with Crippen LogP contribution in [0.25, 0.3) is 0 Å². The Balaban J connectivity index is 1.50. The van der Waals surface area contributed by atoms with Gasteiger partial charge in [0.2, 0.25) is 0 Å². The quantitative estimate of drug-likeness (QED) is 0.744. The minimum absolute atomic E-state index is 0.429. The van der Waals surface area contributed by atoms with E-state index in [4.69, 9.17) is 4.74 Å². The molecule has 2 saturated heterocycles. The van der Waals surface area contributed by atoms with Gasteiger partial charge in [-0.1, -0.05) is 18.2 Å². The molecule has 0 spiro atoms. The van der Waals surface area contributed by atoms with E-state index in [0.717, 1.165) is 19.1 Å². The topological polar surface area (TPSA) is 36.5 Å². The van der Waals surface area contributed by atoms with E-state index in [0.29, 0.717) is 12.0 Å². The molecule has 0 bridgehead atoms. The van der Waals surface area contributed by atoms with Gasteiger partial charge in [-0.05, 0) is 75.2 Å². The minimum atomic E-state index is 0.429. The molecule has 0 amide bonds. The molecule has 2 unspecified atom stereocenters. The number of likely N-dealkylation sites (tertiary alicyclic amines) is 1. The van der Waals surface area contributed by atoms with Crippen molar-refractivity contribution < 1.29 is 4.74 Å². The first-order valence-electron chi connectivity index (χ1n) is 9.94. The summed E-state index contributed by atoms with van der Waals surface area (Å²) in [4.78, 5) is 2.68. The van der Waals surface area contributed by atoms with E-state index in [9.17, 15) is 0 Å². The molecule has 2 aliphatic heterocycles. The lowest BCUT2D eigenvalue weighted by Gasteiger charge is -2.34. The summed E-state index contributed by atoms with van der Waals surface area (Å²) < 4.78 is 5.19. The molecule has 0 saturated carbocycles. The standard InChI is InChI=1S/C21H35N3O/c1-16-6-7-19(13-17(16)2)21-20(14-22-23-21)15-24-10-8-18(9-11-24)5-4-12-25-3/h6-7,13,18,20-23H,4-5,8-12,14-15H2,1-3H3. The maximum Gasteiger partial charge on any atom is 0.0515 e. The summed E-state index contributed by atoms with van der Waals surface area (Å²) in [5, 5.41) is 0. The number of nitrogens with one attached hydrogen (secondary N) is 2. The van der Waals surface area contributed by atoms with Crippen molar-refractivity contribution in [2.45, 2.75) is 45.6 Å². The van der Waals surface area contributed by atoms with Gasteiger partial charge in [-0.25, -0.2) is 5.43 Å². The van der Waals surface area contributed by atoms with Crippen LogP contribution in [0.5, 0.6) is 0 Å². The van der Waals surface area contributed by atoms with Gasteiger partial charge >= 0.3 is 0 Å². The van der Waals surface area contributed by atoms with Crippen LogP contribution in [0.1, 0.15) is 48.4 Å². The van der Waals surface area contributed by atoms with Gasteiger partial charge in [0.15, 0.2) is 0 Å². The Morgan fingerprint density at radius 1 is 1.16 bits per heavy atom. The van der Waals surface area contributed by atoms with Crippen LogP contribution in [0, 0.1) is 25.7 Å². The van der Waals surface area contributed by atoms with Crippen LogP contribution >= 0.6 is 0 Å². The number of ether oxygens (including phenoxy) is 1. The summed E-state index contributed by atoms with van der Waals surface area (Å²) in [6.45, 7) is 10.1. The molecule has 0 aromatic heterocycles. The number of rotatable bonds is 7. The molecule has 4 nitrogen and oxygen atoms in total. The summed E-state index contributed by atoms with van der Waals surface area (Å²) in [7, 11) is 1.80. The van der Waals surface area contributed by atoms with Gasteiger partial charge in [0.1, 0.15) is 0 Å². The maximum atomic E-state index is 5.19. The van der Waals surface area contributed by atoms with E-state index in [-0.39, 0.29) is 0 Å². The number of hydrogen-bond donors (Lipinski definition) is 2. The van der Waals surface area contributed by atoms with Crippen molar-refractivity contribution in [2.24, 2.45) is 11.8 Å². The number of hydrazine groups is 1. The highest BCUT2D eigenvalue weighted by Crippen LogP contribution is 2.29. The summed E-state index contributed by atoms with van der Waals surface area (Å²) >= 11 is 0. The molecule has 2 aliphatic rings. The van der Waals surface area contributed by atoms with E-state index < -0.39 is 0 Å². The predicted octanol–water partition coefficient (Wildman–Crippen LogP) is 3.21. The van der Waals surface area contributed by atoms with Crippen molar-refractivity contribution in [1.29, 1.82) is 0 Å². The average molecular weight is 346 g/mol. The second-order valence-electron chi connectivity index (χ2n) is 7.99. The Morgan fingerprint density at radius 2 is 1.96 bits per heavy atom. The number of nitrogens with zero attached hydrogens (tertiary/aromatic N) is 1. The number of aryl methyl sites for hydroxylation is 2. The number of methoxy groups -OCH3 is 1. The average Bonchev–Trinajstić information content (AvgIpc) is 3.07. The van der Waals surface area contributed by atoms with Crippen LogP contribution in [0.3, 0.4) is 0 Å². The lowest BCUT2D eigenvalue weighted by Crippen LogP contribution is -2.39. The Morgan fingerprint density at radius 3 is 2.68 bits per heavy atom. The van der Waals surface area contributed by atoms with Gasteiger partial charge < -0.3 is 9.64 Å². The fraction of sp³-hybridized carbons (Fsp3) is 0.714. The monoisotopic (exact) mass is 345 g/mol. The number of piperidine rings is 1. The number of benzene rings is 1. The summed E-state index contributed by atoms with van der Waals surface area (Å²) in [6, 6.07) is 7.34. The van der Waals surface area contributed by atoms with Gasteiger partial charge in [-0.3, -0.25) is 5.43 Å². The van der Waals surface area contributed by atoms with Gasteiger partial charge in [0.05, 0.1) is 6.04 Å². The molecule has 2 fully saturated rings. The largest absolute Gasteiger partial charge is 0.385 e. The molecule has 2 atom stereocenters. The molecule has 0 aliphatic carbocycles. The van der Waals surface area contributed by atoms with Crippen LogP contribution in [-0.2, 0) is 4.74 Å². The molecule has 2 heterocycles. The molecule has 1 aromatic carbocycles. The second-order valence-corrected chi connectivity index (χ2v) is 7.99. The van der Waals surface area contributed by atoms with Gasteiger partial charge in [-0.15, -0.1) is 0 Å². The zero-order chi connectivity index (χ0) is 17.6. The molecule has 2 N–H and O–H groups in total. The fourth-order valence-corrected chi connectivity index (χ4v) is 4.32. The second kappa shape index (κ2) is 9.13. The Bertz CT molecular complexity index is 540. The molecular weight excluding hydrogens is 310 g/mol. The van der Waals surface area contributed by atoms with E-state index in [1.165, 1.54) is 62.0 Å². The Hall–Kier alpha value is -0.940. The van der Waals surface area contributed by atoms with E-state index in [1.54, 1.807) is 7.11 Å². The highest BCUT2D eigenvalue weighted by atomic mass is 16.5. The van der Waals surface area contributed by atoms with E-state index in [1.807, 2.05) is 0 Å². The van der Waals surface area contributed by atoms with E-state index >= 15 is 0 Å². The lowest BCUT2D eigenvalue weighted by molar-refractivity contribution is 0.141. The minimum Gasteiger partial charge on any atom is -0.385 e. The third-order valence-corrected chi connectivity index (χ3v) is 6.14. The van der Waals surface area contributed by atoms with Crippen molar-refractivity contribution in [1.82, 2.24) is 15.8 Å². The third-order valence-electron chi connectivity index (χ3n) is 6.14. The third kappa shape index (κ3) is 5.04. The van der Waals surface area contributed by atoms with E-state index in [2.05, 4.69) is 47.8 Å². The van der Waals surface area contributed by atoms with Crippen LogP contribution < -0.4 is 10.9 Å². The van der Waals surface area contributed by atoms with Crippen LogP contribution in [0.15, 0.2) is 18.2 Å². The zero-order valence-corrected chi connectivity index (χ0v) is 16.2. The van der Waals surface area contributed by atoms with Crippen molar-refractivity contribution in [3.63, 3.8) is 0 Å². The number of hydrogen-bond acceptors (Lipinski definition) is 4. The molecule has 25 heavy (non-hydrogen) atoms. The van der Waals surface area contributed by atoms with Crippen molar-refractivity contribution in [3.8, 4) is 0 Å². The zero-order valence-electron chi connectivity index (χ0n) is 16.2. The van der Waals surface area contributed by atoms with Gasteiger partial charge in [0.25, 0.3) is 0 Å². The van der Waals surface area contributed by atoms with Crippen molar-refractivity contribution in [3.05, 3.63) is 34.9 Å². The SMILES string of the molecule is COCCCC1CCN(CC2CNNC2c2ccc(C)c(C)c2)CC1. The van der Waals surface area contributed by atoms with Crippen LogP contribution in [0.4, 0.5) is 0 Å². The van der Waals surface area contributed by atoms with Crippen molar-refractivity contribution in [2.75, 3.05) is 39.9 Å². The highest BCUT2D eigenvalue weighted by molar-refractivity contribution is 5.32. The molecule has 3 rings (SSSR count). The first-order valence-corrected chi connectivity index (χ1v) is 9.94. The lowest BCUT2D eigenvalue weighted by atomic mass is 9.89. The van der Waals surface area contributed by atoms with Crippen molar-refractivity contribution >= 4 is 0 Å². The Kier molecular flexibility index (Phi) is 6.88. The smallest absolute Gasteiger partial charge is 0.0515 e. The first-order chi connectivity index (χ1) is 12.2. The van der Waals surface area contributed by atoms with Crippen LogP contribution in [0.2, 0.25) is 0 Å². The summed E-state index contributed by atoms with van der Waals surface area (Å²) in [5.41, 5.74) is 11.1. The normalized spacial score (nSPS) is 25.6. The highest BCUT2D eigenvalue weighted by Gasteiger charge is 2.31. The summed E-state index contributed by atoms with van der Waals surface area (Å²) in [5.74, 6) is 1.55. The van der Waals surface area contributed by atoms with Crippen LogP contribution in [-0.4, -0.2) is 44.8 Å². The molecular formula is C21H35N3O. The first kappa shape index (κ1) is 18.8. The molecule has 0 radical (unpaired) electrons. The maximum absolute atomic E-state index is 5.19. The fourth-order valence-electron chi connectivity index (χ4n) is 4.32. The Labute approximate surface area is 153 Å². The van der Waals surface area contributed by atoms with Gasteiger partial charge in [-0.2, -0.15) is 0 Å². The predicted molar refractivity (Wildman–Crippen MR) is 104 cm³/mol. The van der Waals surface area contributed by atoms with Gasteiger partial charge in [0, 0.05) is 32.7 Å². The molecule has 140 valence electrons. The molecule has 1 aromatic rings. The summed E-state index contributed by atoms with van der Waals surface area (Å²) in [6.07, 6.45) is 5.25. The molecule has 4 heteroatoms.